The van der Waals surface area contributed by atoms with Gasteiger partial charge in [-0.1, -0.05) is 56.8 Å². The van der Waals surface area contributed by atoms with Crippen molar-refractivity contribution in [2.45, 2.75) is 0 Å². The molecule has 0 unspecified atom stereocenters. The van der Waals surface area contributed by atoms with Crippen LogP contribution in [0.3, 0.4) is 0 Å². The maximum absolute atomic E-state index is 13.1. The van der Waals surface area contributed by atoms with Crippen molar-refractivity contribution < 1.29 is 24.0 Å². The highest BCUT2D eigenvalue weighted by Crippen LogP contribution is 2.40. The zero-order chi connectivity index (χ0) is 29.0. The first-order chi connectivity index (χ1) is 19.6. The number of cyclic esters (lactones) is 1. The summed E-state index contributed by atoms with van der Waals surface area (Å²) in [5, 5.41) is 13.4. The van der Waals surface area contributed by atoms with Crippen molar-refractivity contribution >= 4 is 123 Å². The van der Waals surface area contributed by atoms with E-state index in [1.165, 1.54) is 24.3 Å². The van der Waals surface area contributed by atoms with E-state index in [-0.39, 0.29) is 38.0 Å². The maximum atomic E-state index is 13.1. The fourth-order valence-corrected chi connectivity index (χ4v) is 7.51. The van der Waals surface area contributed by atoms with Gasteiger partial charge in [-0.15, -0.1) is 22.7 Å². The molecule has 5 aromatic rings. The molecule has 0 fully saturated rings. The third kappa shape index (κ3) is 5.25. The molecule has 0 saturated carbocycles. The standard InChI is InChI=1S/C27H10BrCl3N2O6S2/c28-12-1-6-18(38-27(35)24-22(31)15-4-2-13(29)9-19(15)41-24)11(7-12)8-17-26(34)39-25(32-17)23-21(30)16-5-3-14(33(36)37)10-20(16)40-23/h1-10H/b17-8+. The molecule has 3 aromatic carbocycles. The van der Waals surface area contributed by atoms with Crippen LogP contribution in [-0.4, -0.2) is 22.8 Å². The molecule has 0 saturated heterocycles. The van der Waals surface area contributed by atoms with Crippen molar-refractivity contribution in [3.63, 3.8) is 0 Å². The lowest BCUT2D eigenvalue weighted by atomic mass is 10.1. The van der Waals surface area contributed by atoms with Crippen LogP contribution in [0, 0.1) is 10.1 Å². The lowest BCUT2D eigenvalue weighted by molar-refractivity contribution is -0.384. The number of nitro benzene ring substituents is 1. The summed E-state index contributed by atoms with van der Waals surface area (Å²) in [7, 11) is 0. The highest BCUT2D eigenvalue weighted by atomic mass is 79.9. The molecule has 1 aliphatic heterocycles. The van der Waals surface area contributed by atoms with Crippen LogP contribution in [0.1, 0.15) is 20.1 Å². The Balaban J connectivity index is 1.34. The molecular weight excluding hydrogens is 699 g/mol. The van der Waals surface area contributed by atoms with Gasteiger partial charge in [-0.05, 0) is 42.5 Å². The van der Waals surface area contributed by atoms with Crippen LogP contribution in [0.4, 0.5) is 5.69 Å². The minimum Gasteiger partial charge on any atom is -0.422 e. The zero-order valence-electron chi connectivity index (χ0n) is 19.9. The van der Waals surface area contributed by atoms with Gasteiger partial charge in [-0.2, -0.15) is 0 Å². The van der Waals surface area contributed by atoms with E-state index in [0.717, 1.165) is 27.4 Å². The van der Waals surface area contributed by atoms with Gasteiger partial charge in [-0.25, -0.2) is 14.6 Å². The first-order valence-electron chi connectivity index (χ1n) is 11.4. The molecule has 2 aromatic heterocycles. The number of thiophene rings is 2. The summed E-state index contributed by atoms with van der Waals surface area (Å²) in [6, 6.07) is 14.3. The number of aliphatic imine (C=N–C) groups is 1. The normalized spacial score (nSPS) is 14.1. The van der Waals surface area contributed by atoms with E-state index >= 15 is 0 Å². The Labute approximate surface area is 261 Å². The maximum Gasteiger partial charge on any atom is 0.363 e. The molecule has 204 valence electrons. The summed E-state index contributed by atoms with van der Waals surface area (Å²) in [6.07, 6.45) is 1.42. The monoisotopic (exact) mass is 706 g/mol. The van der Waals surface area contributed by atoms with Gasteiger partial charge in [0.1, 0.15) is 15.5 Å². The molecule has 6 rings (SSSR count). The van der Waals surface area contributed by atoms with Gasteiger partial charge in [-0.3, -0.25) is 10.1 Å². The van der Waals surface area contributed by atoms with E-state index in [9.17, 15) is 19.7 Å². The highest BCUT2D eigenvalue weighted by molar-refractivity contribution is 9.10. The second-order valence-corrected chi connectivity index (χ2v) is 12.7. The smallest absolute Gasteiger partial charge is 0.363 e. The molecule has 0 N–H and O–H groups in total. The Bertz CT molecular complexity index is 2030. The lowest BCUT2D eigenvalue weighted by Crippen LogP contribution is -2.08. The fraction of sp³-hybridized carbons (Fsp3) is 0. The summed E-state index contributed by atoms with van der Waals surface area (Å²) in [6.45, 7) is 0. The third-order valence-electron chi connectivity index (χ3n) is 5.88. The second-order valence-electron chi connectivity index (χ2n) is 8.48. The van der Waals surface area contributed by atoms with Gasteiger partial charge in [0, 0.05) is 47.4 Å². The average Bonchev–Trinajstić information content (AvgIpc) is 3.57. The van der Waals surface area contributed by atoms with E-state index < -0.39 is 16.9 Å². The van der Waals surface area contributed by atoms with Crippen LogP contribution in [0.15, 0.2) is 69.8 Å². The van der Waals surface area contributed by atoms with Crippen molar-refractivity contribution in [1.29, 1.82) is 0 Å². The molecule has 41 heavy (non-hydrogen) atoms. The average molecular weight is 709 g/mol. The number of carbonyl (C=O) groups excluding carboxylic acids is 2. The number of esters is 2. The van der Waals surface area contributed by atoms with E-state index in [2.05, 4.69) is 20.9 Å². The minimum atomic E-state index is -0.749. The summed E-state index contributed by atoms with van der Waals surface area (Å²) in [5.74, 6) is -1.32. The topological polar surface area (TPSA) is 108 Å². The van der Waals surface area contributed by atoms with Gasteiger partial charge in [0.05, 0.1) is 15.0 Å². The van der Waals surface area contributed by atoms with E-state index in [4.69, 9.17) is 44.3 Å². The number of non-ortho nitro benzene ring substituents is 1. The molecule has 0 amide bonds. The molecule has 0 radical (unpaired) electrons. The second kappa shape index (κ2) is 10.8. The first kappa shape index (κ1) is 27.8. The minimum absolute atomic E-state index is 0.0423. The number of halogens is 4. The van der Waals surface area contributed by atoms with Crippen molar-refractivity contribution in [3.8, 4) is 5.75 Å². The number of fused-ring (bicyclic) bond motifs is 2. The van der Waals surface area contributed by atoms with Crippen LogP contribution in [0.5, 0.6) is 5.75 Å². The van der Waals surface area contributed by atoms with Gasteiger partial charge in [0.25, 0.3) is 5.69 Å². The number of hydrogen-bond acceptors (Lipinski definition) is 9. The van der Waals surface area contributed by atoms with Crippen molar-refractivity contribution in [3.05, 3.63) is 105 Å². The molecule has 0 spiro atoms. The number of carbonyl (C=O) groups is 2. The lowest BCUT2D eigenvalue weighted by Gasteiger charge is -2.08. The number of rotatable bonds is 5. The van der Waals surface area contributed by atoms with Crippen LogP contribution in [0.25, 0.3) is 26.2 Å². The molecule has 14 heteroatoms. The van der Waals surface area contributed by atoms with Crippen LogP contribution in [-0.2, 0) is 9.53 Å². The SMILES string of the molecule is O=C1OC(c2sc3cc([N+](=O)[O-])ccc3c2Cl)=N/C1=C/c1cc(Br)ccc1OC(=O)c1sc2cc(Cl)ccc2c1Cl. The predicted octanol–water partition coefficient (Wildman–Crippen LogP) is 9.31. The predicted molar refractivity (Wildman–Crippen MR) is 165 cm³/mol. The number of nitro groups is 1. The highest BCUT2D eigenvalue weighted by Gasteiger charge is 2.29. The van der Waals surface area contributed by atoms with Gasteiger partial charge in [0.15, 0.2) is 5.70 Å². The molecular formula is C27H10BrCl3N2O6S2. The summed E-state index contributed by atoms with van der Waals surface area (Å²) in [5.41, 5.74) is 0.206. The molecule has 0 bridgehead atoms. The van der Waals surface area contributed by atoms with E-state index in [1.807, 2.05) is 0 Å². The van der Waals surface area contributed by atoms with Gasteiger partial charge >= 0.3 is 11.9 Å². The largest absolute Gasteiger partial charge is 0.422 e. The molecule has 3 heterocycles. The van der Waals surface area contributed by atoms with Crippen molar-refractivity contribution in [2.24, 2.45) is 4.99 Å². The molecule has 1 aliphatic rings. The van der Waals surface area contributed by atoms with Crippen LogP contribution >= 0.6 is 73.4 Å². The van der Waals surface area contributed by atoms with Crippen LogP contribution < -0.4 is 4.74 Å². The summed E-state index contributed by atoms with van der Waals surface area (Å²) in [4.78, 5) is 41.4. The van der Waals surface area contributed by atoms with Crippen molar-refractivity contribution in [2.75, 3.05) is 0 Å². The van der Waals surface area contributed by atoms with Crippen molar-refractivity contribution in [1.82, 2.24) is 0 Å². The number of nitrogens with zero attached hydrogens (tertiary/aromatic N) is 2. The van der Waals surface area contributed by atoms with E-state index in [1.54, 1.807) is 36.4 Å². The summed E-state index contributed by atoms with van der Waals surface area (Å²) < 4.78 is 13.0. The Morgan fingerprint density at radius 2 is 1.73 bits per heavy atom. The molecule has 0 aliphatic carbocycles. The Hall–Kier alpha value is -3.32. The Morgan fingerprint density at radius 3 is 2.51 bits per heavy atom. The number of hydrogen-bond donors (Lipinski definition) is 0. The number of benzene rings is 3. The van der Waals surface area contributed by atoms with Gasteiger partial charge in [0.2, 0.25) is 5.90 Å². The van der Waals surface area contributed by atoms with E-state index in [0.29, 0.717) is 35.4 Å². The zero-order valence-corrected chi connectivity index (χ0v) is 25.4. The molecule has 0 atom stereocenters. The van der Waals surface area contributed by atoms with Crippen LogP contribution in [0.2, 0.25) is 15.1 Å². The first-order valence-corrected chi connectivity index (χ1v) is 14.9. The van der Waals surface area contributed by atoms with Gasteiger partial charge < -0.3 is 9.47 Å². The molecule has 8 nitrogen and oxygen atoms in total. The Morgan fingerprint density at radius 1 is 1.00 bits per heavy atom. The Kier molecular flexibility index (Phi) is 7.35. The fourth-order valence-electron chi connectivity index (χ4n) is 4.00. The third-order valence-corrected chi connectivity index (χ3v) is 9.89. The number of ether oxygens (including phenoxy) is 2. The summed E-state index contributed by atoms with van der Waals surface area (Å²) >= 11 is 24.7. The quantitative estimate of drug-likeness (QED) is 0.0592.